The van der Waals surface area contributed by atoms with Gasteiger partial charge in [0.1, 0.15) is 5.02 Å². The van der Waals surface area contributed by atoms with Crippen molar-refractivity contribution in [2.24, 2.45) is 0 Å². The fourth-order valence-electron chi connectivity index (χ4n) is 4.19. The highest BCUT2D eigenvalue weighted by molar-refractivity contribution is 6.44. The number of imide groups is 1. The molecule has 0 spiro atoms. The van der Waals surface area contributed by atoms with Crippen LogP contribution in [0.15, 0.2) is 48.5 Å². The second-order valence-electron chi connectivity index (χ2n) is 8.86. The van der Waals surface area contributed by atoms with E-state index in [4.69, 9.17) is 39.5 Å². The molecule has 0 N–H and O–H groups in total. The van der Waals surface area contributed by atoms with Crippen LogP contribution < -0.4 is 9.64 Å². The molecule has 3 aromatic rings. The summed E-state index contributed by atoms with van der Waals surface area (Å²) in [6, 6.07) is 13.0. The van der Waals surface area contributed by atoms with Gasteiger partial charge in [-0.15, -0.1) is 0 Å². The Bertz CT molecular complexity index is 1350. The number of anilines is 1. The zero-order valence-electron chi connectivity index (χ0n) is 19.5. The number of ether oxygens (including phenoxy) is 1. The molecule has 0 unspecified atom stereocenters. The molecular weight excluding hydrogens is 509 g/mol. The van der Waals surface area contributed by atoms with E-state index in [-0.39, 0.29) is 49.3 Å². The Hall–Kier alpha value is -2.86. The van der Waals surface area contributed by atoms with Crippen LogP contribution in [0.3, 0.4) is 0 Å². The Balaban J connectivity index is 1.81. The molecule has 35 heavy (non-hydrogen) atoms. The molecule has 0 saturated heterocycles. The molecule has 5 nitrogen and oxygen atoms in total. The van der Waals surface area contributed by atoms with Gasteiger partial charge in [-0.25, -0.2) is 9.69 Å². The molecule has 0 aliphatic carbocycles. The Labute approximate surface area is 218 Å². The highest BCUT2D eigenvalue weighted by Gasteiger charge is 2.42. The van der Waals surface area contributed by atoms with E-state index in [9.17, 15) is 14.4 Å². The van der Waals surface area contributed by atoms with Crippen molar-refractivity contribution in [2.75, 3.05) is 4.90 Å². The predicted octanol–water partition coefficient (Wildman–Crippen LogP) is 7.91. The lowest BCUT2D eigenvalue weighted by molar-refractivity contribution is 0.0729. The second-order valence-corrected chi connectivity index (χ2v) is 10.1. The van der Waals surface area contributed by atoms with Crippen LogP contribution in [0.5, 0.6) is 5.75 Å². The van der Waals surface area contributed by atoms with E-state index in [1.807, 2.05) is 45.9 Å². The highest BCUT2D eigenvalue weighted by atomic mass is 35.5. The van der Waals surface area contributed by atoms with E-state index < -0.39 is 17.8 Å². The van der Waals surface area contributed by atoms with Crippen LogP contribution in [-0.2, 0) is 0 Å². The molecule has 2 amide bonds. The SMILES string of the molecule is CC(C)c1cccc(C(C)C)c1N1C(=O)c2cccc(C(=O)Oc3cc(Cl)cc(Cl)c3Cl)c2C1=O. The molecule has 0 saturated carbocycles. The number of rotatable bonds is 5. The van der Waals surface area contributed by atoms with E-state index in [1.54, 1.807) is 0 Å². The molecule has 1 aliphatic heterocycles. The summed E-state index contributed by atoms with van der Waals surface area (Å²) in [7, 11) is 0. The van der Waals surface area contributed by atoms with Crippen molar-refractivity contribution in [2.45, 2.75) is 39.5 Å². The molecule has 0 aromatic heterocycles. The summed E-state index contributed by atoms with van der Waals surface area (Å²) < 4.78 is 5.44. The lowest BCUT2D eigenvalue weighted by Gasteiger charge is -2.25. The Morgan fingerprint density at radius 1 is 0.857 bits per heavy atom. The summed E-state index contributed by atoms with van der Waals surface area (Å²) in [6.07, 6.45) is 0. The van der Waals surface area contributed by atoms with E-state index in [0.29, 0.717) is 5.69 Å². The summed E-state index contributed by atoms with van der Waals surface area (Å²) in [5.41, 5.74) is 2.37. The fraction of sp³-hybridized carbons (Fsp3) is 0.222. The van der Waals surface area contributed by atoms with E-state index in [1.165, 1.54) is 35.2 Å². The first kappa shape index (κ1) is 25.2. The van der Waals surface area contributed by atoms with Crippen molar-refractivity contribution in [3.8, 4) is 5.75 Å². The van der Waals surface area contributed by atoms with Gasteiger partial charge in [0.15, 0.2) is 5.75 Å². The van der Waals surface area contributed by atoms with Gasteiger partial charge in [0.25, 0.3) is 11.8 Å². The van der Waals surface area contributed by atoms with Gasteiger partial charge in [0, 0.05) is 11.1 Å². The second kappa shape index (κ2) is 9.65. The van der Waals surface area contributed by atoms with Crippen molar-refractivity contribution in [1.82, 2.24) is 0 Å². The Morgan fingerprint density at radius 2 is 1.46 bits per heavy atom. The number of carbonyl (C=O) groups is 3. The van der Waals surface area contributed by atoms with Gasteiger partial charge in [0.2, 0.25) is 0 Å². The summed E-state index contributed by atoms with van der Waals surface area (Å²) in [4.78, 5) is 41.6. The lowest BCUT2D eigenvalue weighted by atomic mass is 9.92. The topological polar surface area (TPSA) is 63.7 Å². The predicted molar refractivity (Wildman–Crippen MR) is 139 cm³/mol. The maximum absolute atomic E-state index is 13.7. The number of halogens is 3. The minimum atomic E-state index is -0.855. The smallest absolute Gasteiger partial charge is 0.344 e. The van der Waals surface area contributed by atoms with Crippen molar-refractivity contribution < 1.29 is 19.1 Å². The third kappa shape index (κ3) is 4.44. The van der Waals surface area contributed by atoms with Gasteiger partial charge >= 0.3 is 5.97 Å². The summed E-state index contributed by atoms with van der Waals surface area (Å²) in [5.74, 6) is -1.85. The number of benzene rings is 3. The molecule has 8 heteroatoms. The number of hydrogen-bond donors (Lipinski definition) is 0. The molecule has 1 heterocycles. The van der Waals surface area contributed by atoms with Gasteiger partial charge in [0.05, 0.1) is 27.4 Å². The quantitative estimate of drug-likeness (QED) is 0.145. The van der Waals surface area contributed by atoms with Crippen LogP contribution in [0.2, 0.25) is 15.1 Å². The monoisotopic (exact) mass is 529 g/mol. The average Bonchev–Trinajstić information content (AvgIpc) is 3.06. The van der Waals surface area contributed by atoms with Gasteiger partial charge in [-0.3, -0.25) is 9.59 Å². The van der Waals surface area contributed by atoms with Crippen LogP contribution >= 0.6 is 34.8 Å². The van der Waals surface area contributed by atoms with Gasteiger partial charge in [-0.05, 0) is 41.2 Å². The van der Waals surface area contributed by atoms with Crippen LogP contribution in [0.4, 0.5) is 5.69 Å². The van der Waals surface area contributed by atoms with Gasteiger partial charge in [-0.2, -0.15) is 0 Å². The minimum absolute atomic E-state index is 0.00783. The molecule has 1 aliphatic rings. The van der Waals surface area contributed by atoms with Crippen molar-refractivity contribution in [3.63, 3.8) is 0 Å². The number of nitrogens with zero attached hydrogens (tertiary/aromatic N) is 1. The van der Waals surface area contributed by atoms with E-state index in [2.05, 4.69) is 0 Å². The zero-order chi connectivity index (χ0) is 25.6. The number of para-hydroxylation sites is 1. The van der Waals surface area contributed by atoms with Gasteiger partial charge < -0.3 is 4.74 Å². The molecule has 0 fully saturated rings. The molecule has 0 bridgehead atoms. The normalized spacial score (nSPS) is 13.1. The fourth-order valence-corrected chi connectivity index (χ4v) is 4.81. The van der Waals surface area contributed by atoms with Crippen LogP contribution in [-0.4, -0.2) is 17.8 Å². The Morgan fingerprint density at radius 3 is 2.06 bits per heavy atom. The van der Waals surface area contributed by atoms with Crippen LogP contribution in [0.1, 0.15) is 81.7 Å². The first-order chi connectivity index (χ1) is 16.5. The average molecular weight is 531 g/mol. The molecule has 180 valence electrons. The van der Waals surface area contributed by atoms with Crippen LogP contribution in [0, 0.1) is 0 Å². The number of amides is 2. The number of hydrogen-bond acceptors (Lipinski definition) is 4. The van der Waals surface area contributed by atoms with Crippen molar-refractivity contribution in [1.29, 1.82) is 0 Å². The summed E-state index contributed by atoms with van der Waals surface area (Å²) >= 11 is 18.2. The number of esters is 1. The molecule has 0 radical (unpaired) electrons. The first-order valence-corrected chi connectivity index (χ1v) is 12.2. The largest absolute Gasteiger partial charge is 0.421 e. The third-order valence-electron chi connectivity index (χ3n) is 5.86. The molecule has 0 atom stereocenters. The minimum Gasteiger partial charge on any atom is -0.421 e. The summed E-state index contributed by atoms with van der Waals surface area (Å²) in [5, 5.41) is 0.349. The maximum atomic E-state index is 13.7. The first-order valence-electron chi connectivity index (χ1n) is 11.0. The lowest BCUT2D eigenvalue weighted by Crippen LogP contribution is -2.32. The molecule has 3 aromatic carbocycles. The van der Waals surface area contributed by atoms with E-state index in [0.717, 1.165) is 11.1 Å². The van der Waals surface area contributed by atoms with Crippen LogP contribution in [0.25, 0.3) is 0 Å². The highest BCUT2D eigenvalue weighted by Crippen LogP contribution is 2.41. The molecular formula is C27H22Cl3NO4. The van der Waals surface area contributed by atoms with Gasteiger partial charge in [-0.1, -0.05) is 86.8 Å². The molecule has 4 rings (SSSR count). The van der Waals surface area contributed by atoms with E-state index >= 15 is 0 Å². The standard InChI is InChI=1S/C27H22Cl3NO4/c1-13(2)16-7-5-8-17(14(3)4)24(16)31-25(32)18-9-6-10-19(22(18)26(31)33)27(34)35-21-12-15(28)11-20(29)23(21)30/h5-14H,1-4H3. The van der Waals surface area contributed by atoms with Crippen molar-refractivity contribution >= 4 is 58.3 Å². The maximum Gasteiger partial charge on any atom is 0.344 e. The number of fused-ring (bicyclic) bond motifs is 1. The number of carbonyl (C=O) groups excluding carboxylic acids is 3. The zero-order valence-corrected chi connectivity index (χ0v) is 21.8. The Kier molecular flexibility index (Phi) is 6.96. The third-order valence-corrected chi connectivity index (χ3v) is 6.87. The summed E-state index contributed by atoms with van der Waals surface area (Å²) in [6.45, 7) is 8.01. The van der Waals surface area contributed by atoms with Crippen molar-refractivity contribution in [3.05, 3.63) is 91.4 Å².